The maximum atomic E-state index is 12.1. The first kappa shape index (κ1) is 14.9. The van der Waals surface area contributed by atoms with Crippen molar-refractivity contribution in [3.05, 3.63) is 30.1 Å². The molecule has 0 saturated heterocycles. The third-order valence-corrected chi connectivity index (χ3v) is 2.91. The fourth-order valence-corrected chi connectivity index (χ4v) is 1.85. The van der Waals surface area contributed by atoms with Crippen molar-refractivity contribution < 1.29 is 14.7 Å². The Balaban J connectivity index is 2.68. The van der Waals surface area contributed by atoms with Crippen molar-refractivity contribution in [2.45, 2.75) is 25.9 Å². The number of amides is 2. The molecule has 0 aliphatic rings. The molecule has 1 N–H and O–H groups in total. The molecule has 0 fully saturated rings. The summed E-state index contributed by atoms with van der Waals surface area (Å²) in [6.45, 7) is 2.14. The van der Waals surface area contributed by atoms with E-state index in [0.29, 0.717) is 13.0 Å². The minimum atomic E-state index is -0.992. The molecule has 0 radical (unpaired) electrons. The van der Waals surface area contributed by atoms with Crippen LogP contribution in [-0.2, 0) is 11.3 Å². The molecule has 0 saturated carbocycles. The molecule has 0 spiro atoms. The van der Waals surface area contributed by atoms with E-state index in [0.717, 1.165) is 5.56 Å². The van der Waals surface area contributed by atoms with E-state index >= 15 is 0 Å². The van der Waals surface area contributed by atoms with Gasteiger partial charge >= 0.3 is 12.0 Å². The second-order valence-corrected chi connectivity index (χ2v) is 4.37. The number of likely N-dealkylation sites (N-methyl/N-ethyl adjacent to an activating group) is 1. The van der Waals surface area contributed by atoms with E-state index in [-0.39, 0.29) is 6.03 Å². The SMILES string of the molecule is CCC(C(=O)O)N(C)C(=O)N(C)Cc1cccnc1. The van der Waals surface area contributed by atoms with Crippen LogP contribution < -0.4 is 0 Å². The van der Waals surface area contributed by atoms with E-state index < -0.39 is 12.0 Å². The van der Waals surface area contributed by atoms with Crippen LogP contribution >= 0.6 is 0 Å². The van der Waals surface area contributed by atoms with Crippen LogP contribution in [0.2, 0.25) is 0 Å². The summed E-state index contributed by atoms with van der Waals surface area (Å²) < 4.78 is 0. The van der Waals surface area contributed by atoms with Gasteiger partial charge in [-0.05, 0) is 18.1 Å². The van der Waals surface area contributed by atoms with Gasteiger partial charge < -0.3 is 14.9 Å². The van der Waals surface area contributed by atoms with Gasteiger partial charge in [0.25, 0.3) is 0 Å². The van der Waals surface area contributed by atoms with Crippen LogP contribution in [0.3, 0.4) is 0 Å². The number of aromatic nitrogens is 1. The van der Waals surface area contributed by atoms with Crippen LogP contribution in [0.1, 0.15) is 18.9 Å². The summed E-state index contributed by atoms with van der Waals surface area (Å²) in [6.07, 6.45) is 3.71. The molecule has 0 aliphatic heterocycles. The van der Waals surface area contributed by atoms with Crippen molar-refractivity contribution in [1.29, 1.82) is 0 Å². The Morgan fingerprint density at radius 1 is 1.42 bits per heavy atom. The number of carboxylic acids is 1. The third kappa shape index (κ3) is 3.94. The molecule has 1 aromatic heterocycles. The molecule has 1 unspecified atom stereocenters. The highest BCUT2D eigenvalue weighted by atomic mass is 16.4. The van der Waals surface area contributed by atoms with E-state index in [1.54, 1.807) is 32.4 Å². The second kappa shape index (κ2) is 6.72. The lowest BCUT2D eigenvalue weighted by atomic mass is 10.2. The number of aliphatic carboxylic acids is 1. The maximum absolute atomic E-state index is 12.1. The van der Waals surface area contributed by atoms with Gasteiger partial charge in [-0.25, -0.2) is 9.59 Å². The highest BCUT2D eigenvalue weighted by Gasteiger charge is 2.26. The summed E-state index contributed by atoms with van der Waals surface area (Å²) in [5.41, 5.74) is 0.898. The Hall–Kier alpha value is -2.11. The Bertz CT molecular complexity index is 436. The van der Waals surface area contributed by atoms with Gasteiger partial charge in [-0.15, -0.1) is 0 Å². The van der Waals surface area contributed by atoms with E-state index in [1.807, 2.05) is 6.07 Å². The standard InChI is InChI=1S/C13H19N3O3/c1-4-11(12(17)18)16(3)13(19)15(2)9-10-6-5-7-14-8-10/h5-8,11H,4,9H2,1-3H3,(H,17,18). The fraction of sp³-hybridized carbons (Fsp3) is 0.462. The molecular formula is C13H19N3O3. The number of hydrogen-bond donors (Lipinski definition) is 1. The minimum absolute atomic E-state index is 0.321. The van der Waals surface area contributed by atoms with Gasteiger partial charge in [0.2, 0.25) is 0 Å². The average molecular weight is 265 g/mol. The molecule has 0 aromatic carbocycles. The van der Waals surface area contributed by atoms with E-state index in [4.69, 9.17) is 5.11 Å². The van der Waals surface area contributed by atoms with E-state index in [1.165, 1.54) is 16.8 Å². The molecule has 2 amide bonds. The van der Waals surface area contributed by atoms with Crippen molar-refractivity contribution >= 4 is 12.0 Å². The zero-order valence-corrected chi connectivity index (χ0v) is 11.4. The quantitative estimate of drug-likeness (QED) is 0.874. The van der Waals surface area contributed by atoms with Crippen LogP contribution in [0.25, 0.3) is 0 Å². The predicted octanol–water partition coefficient (Wildman–Crippen LogP) is 1.43. The summed E-state index contributed by atoms with van der Waals surface area (Å²) in [6, 6.07) is 2.54. The molecule has 1 rings (SSSR count). The number of carbonyl (C=O) groups is 2. The zero-order chi connectivity index (χ0) is 14.4. The Morgan fingerprint density at radius 2 is 2.11 bits per heavy atom. The highest BCUT2D eigenvalue weighted by Crippen LogP contribution is 2.08. The maximum Gasteiger partial charge on any atom is 0.326 e. The van der Waals surface area contributed by atoms with Gasteiger partial charge in [-0.2, -0.15) is 0 Å². The van der Waals surface area contributed by atoms with E-state index in [2.05, 4.69) is 4.98 Å². The summed E-state index contributed by atoms with van der Waals surface area (Å²) in [5, 5.41) is 9.04. The number of hydrogen-bond acceptors (Lipinski definition) is 3. The molecule has 6 nitrogen and oxygen atoms in total. The first-order valence-corrected chi connectivity index (χ1v) is 6.07. The molecule has 0 bridgehead atoms. The number of carboxylic acid groups (broad SMARTS) is 1. The lowest BCUT2D eigenvalue weighted by molar-refractivity contribution is -0.142. The summed E-state index contributed by atoms with van der Waals surface area (Å²) in [4.78, 5) is 29.9. The highest BCUT2D eigenvalue weighted by molar-refractivity contribution is 5.82. The van der Waals surface area contributed by atoms with Gasteiger partial charge in [0.05, 0.1) is 0 Å². The lowest BCUT2D eigenvalue weighted by Gasteiger charge is -2.28. The fourth-order valence-electron chi connectivity index (χ4n) is 1.85. The molecule has 19 heavy (non-hydrogen) atoms. The molecule has 1 heterocycles. The van der Waals surface area contributed by atoms with Gasteiger partial charge in [-0.1, -0.05) is 13.0 Å². The monoisotopic (exact) mass is 265 g/mol. The number of urea groups is 1. The van der Waals surface area contributed by atoms with Crippen molar-refractivity contribution in [3.63, 3.8) is 0 Å². The Labute approximate surface area is 112 Å². The zero-order valence-electron chi connectivity index (χ0n) is 11.4. The first-order chi connectivity index (χ1) is 8.97. The Kier molecular flexibility index (Phi) is 5.29. The predicted molar refractivity (Wildman–Crippen MR) is 70.6 cm³/mol. The first-order valence-electron chi connectivity index (χ1n) is 6.07. The molecule has 1 aromatic rings. The van der Waals surface area contributed by atoms with Gasteiger partial charge in [0, 0.05) is 33.0 Å². The van der Waals surface area contributed by atoms with Crippen molar-refractivity contribution in [1.82, 2.24) is 14.8 Å². The van der Waals surface area contributed by atoms with Crippen LogP contribution in [0.15, 0.2) is 24.5 Å². The van der Waals surface area contributed by atoms with Crippen molar-refractivity contribution in [2.24, 2.45) is 0 Å². The normalized spacial score (nSPS) is 11.7. The number of pyridine rings is 1. The lowest BCUT2D eigenvalue weighted by Crippen LogP contribution is -2.47. The summed E-state index contributed by atoms with van der Waals surface area (Å²) >= 11 is 0. The van der Waals surface area contributed by atoms with Gasteiger partial charge in [-0.3, -0.25) is 4.98 Å². The van der Waals surface area contributed by atoms with Gasteiger partial charge in [0.15, 0.2) is 0 Å². The number of rotatable bonds is 5. The smallest absolute Gasteiger partial charge is 0.326 e. The topological polar surface area (TPSA) is 73.7 Å². The number of nitrogens with zero attached hydrogens (tertiary/aromatic N) is 3. The van der Waals surface area contributed by atoms with Gasteiger partial charge in [0.1, 0.15) is 6.04 Å². The van der Waals surface area contributed by atoms with Crippen molar-refractivity contribution in [3.8, 4) is 0 Å². The molecular weight excluding hydrogens is 246 g/mol. The largest absolute Gasteiger partial charge is 0.480 e. The molecule has 6 heteroatoms. The molecule has 104 valence electrons. The van der Waals surface area contributed by atoms with Crippen molar-refractivity contribution in [2.75, 3.05) is 14.1 Å². The molecule has 0 aliphatic carbocycles. The molecule has 1 atom stereocenters. The van der Waals surface area contributed by atoms with Crippen LogP contribution in [-0.4, -0.2) is 52.0 Å². The van der Waals surface area contributed by atoms with Crippen LogP contribution in [0, 0.1) is 0 Å². The second-order valence-electron chi connectivity index (χ2n) is 4.37. The van der Waals surface area contributed by atoms with Crippen LogP contribution in [0.5, 0.6) is 0 Å². The summed E-state index contributed by atoms with van der Waals surface area (Å²) in [7, 11) is 3.14. The minimum Gasteiger partial charge on any atom is -0.480 e. The van der Waals surface area contributed by atoms with E-state index in [9.17, 15) is 9.59 Å². The van der Waals surface area contributed by atoms with Crippen LogP contribution in [0.4, 0.5) is 4.79 Å². The third-order valence-electron chi connectivity index (χ3n) is 2.91. The number of carbonyl (C=O) groups excluding carboxylic acids is 1. The summed E-state index contributed by atoms with van der Waals surface area (Å²) in [5.74, 6) is -0.992. The average Bonchev–Trinajstić information content (AvgIpc) is 2.39. The Morgan fingerprint density at radius 3 is 2.58 bits per heavy atom.